The lowest BCUT2D eigenvalue weighted by molar-refractivity contribution is -0.0382. The molecule has 2 heterocycles. The zero-order valence-corrected chi connectivity index (χ0v) is 16.5. The third kappa shape index (κ3) is 3.55. The van der Waals surface area contributed by atoms with Crippen molar-refractivity contribution >= 4 is 12.0 Å². The van der Waals surface area contributed by atoms with Gasteiger partial charge in [-0.25, -0.2) is 0 Å². The SMILES string of the molecule is O=Cc1ccccc1NC1CC2CCCC(C1)N2C1CC2CCCC(C2)C1. The molecule has 2 saturated heterocycles. The van der Waals surface area contributed by atoms with E-state index in [0.29, 0.717) is 6.04 Å². The first-order valence-corrected chi connectivity index (χ1v) is 11.4. The molecule has 4 bridgehead atoms. The summed E-state index contributed by atoms with van der Waals surface area (Å²) in [5.74, 6) is 2.03. The topological polar surface area (TPSA) is 32.3 Å². The van der Waals surface area contributed by atoms with Crippen LogP contribution in [0.1, 0.15) is 81.0 Å². The second-order valence-electron chi connectivity index (χ2n) is 9.73. The van der Waals surface area contributed by atoms with Gasteiger partial charge < -0.3 is 5.32 Å². The summed E-state index contributed by atoms with van der Waals surface area (Å²) in [6.07, 6.45) is 16.5. The first-order valence-electron chi connectivity index (χ1n) is 11.4. The van der Waals surface area contributed by atoms with Crippen LogP contribution in [0.15, 0.2) is 24.3 Å². The number of benzene rings is 1. The van der Waals surface area contributed by atoms with E-state index in [1.54, 1.807) is 0 Å². The van der Waals surface area contributed by atoms with Gasteiger partial charge >= 0.3 is 0 Å². The van der Waals surface area contributed by atoms with Crippen molar-refractivity contribution in [2.24, 2.45) is 11.8 Å². The Morgan fingerprint density at radius 2 is 1.48 bits per heavy atom. The van der Waals surface area contributed by atoms with E-state index in [2.05, 4.69) is 16.3 Å². The Balaban J connectivity index is 1.30. The van der Waals surface area contributed by atoms with Crippen LogP contribution in [0.3, 0.4) is 0 Å². The molecule has 4 fully saturated rings. The predicted octanol–water partition coefficient (Wildman–Crippen LogP) is 5.27. The molecule has 27 heavy (non-hydrogen) atoms. The number of nitrogens with one attached hydrogen (secondary N) is 1. The summed E-state index contributed by atoms with van der Waals surface area (Å²) in [5.41, 5.74) is 1.82. The highest BCUT2D eigenvalue weighted by Gasteiger charge is 2.44. The van der Waals surface area contributed by atoms with E-state index in [1.165, 1.54) is 70.6 Å². The van der Waals surface area contributed by atoms with Gasteiger partial charge in [-0.3, -0.25) is 9.69 Å². The highest BCUT2D eigenvalue weighted by molar-refractivity contribution is 5.84. The molecular formula is C24H34N2O. The first kappa shape index (κ1) is 17.7. The minimum absolute atomic E-state index is 0.515. The number of anilines is 1. The summed E-state index contributed by atoms with van der Waals surface area (Å²) in [6.45, 7) is 0. The Morgan fingerprint density at radius 3 is 2.19 bits per heavy atom. The number of fused-ring (bicyclic) bond motifs is 4. The molecule has 1 N–H and O–H groups in total. The largest absolute Gasteiger partial charge is 0.382 e. The number of hydrogen-bond acceptors (Lipinski definition) is 3. The van der Waals surface area contributed by atoms with Crippen molar-refractivity contribution in [2.45, 2.75) is 94.8 Å². The van der Waals surface area contributed by atoms with Gasteiger partial charge in [0.1, 0.15) is 0 Å². The summed E-state index contributed by atoms with van der Waals surface area (Å²) in [6, 6.07) is 10.8. The summed E-state index contributed by atoms with van der Waals surface area (Å²) >= 11 is 0. The van der Waals surface area contributed by atoms with Crippen molar-refractivity contribution in [1.29, 1.82) is 0 Å². The average molecular weight is 367 g/mol. The number of para-hydroxylation sites is 1. The number of carbonyl (C=O) groups excluding carboxylic acids is 1. The second kappa shape index (κ2) is 7.58. The Hall–Kier alpha value is -1.35. The van der Waals surface area contributed by atoms with Crippen LogP contribution in [0, 0.1) is 11.8 Å². The third-order valence-corrected chi connectivity index (χ3v) is 8.00. The molecule has 4 aliphatic rings. The fourth-order valence-corrected chi connectivity index (χ4v) is 7.02. The molecule has 4 atom stereocenters. The smallest absolute Gasteiger partial charge is 0.152 e. The van der Waals surface area contributed by atoms with Crippen molar-refractivity contribution in [3.63, 3.8) is 0 Å². The van der Waals surface area contributed by atoms with Gasteiger partial charge in [0.15, 0.2) is 6.29 Å². The molecule has 3 heteroatoms. The van der Waals surface area contributed by atoms with Crippen LogP contribution < -0.4 is 5.32 Å². The standard InChI is InChI=1S/C24H34N2O/c27-16-19-7-1-2-10-24(19)25-20-14-21-8-4-9-22(15-20)26(21)23-12-17-5-3-6-18(11-17)13-23/h1-2,7,10,16-18,20-23,25H,3-6,8-9,11-15H2. The fraction of sp³-hybridized carbons (Fsp3) is 0.708. The van der Waals surface area contributed by atoms with Crippen molar-refractivity contribution in [2.75, 3.05) is 5.32 Å². The quantitative estimate of drug-likeness (QED) is 0.737. The lowest BCUT2D eigenvalue weighted by Gasteiger charge is -2.55. The van der Waals surface area contributed by atoms with E-state index in [4.69, 9.17) is 0 Å². The molecule has 1 aromatic rings. The molecule has 0 amide bonds. The van der Waals surface area contributed by atoms with Gasteiger partial charge in [0.2, 0.25) is 0 Å². The Morgan fingerprint density at radius 1 is 0.815 bits per heavy atom. The molecule has 0 spiro atoms. The lowest BCUT2D eigenvalue weighted by Crippen LogP contribution is -2.60. The number of carbonyl (C=O) groups is 1. The van der Waals surface area contributed by atoms with Gasteiger partial charge in [-0.1, -0.05) is 37.8 Å². The number of rotatable bonds is 4. The summed E-state index contributed by atoms with van der Waals surface area (Å²) in [4.78, 5) is 14.4. The Bertz CT molecular complexity index is 648. The van der Waals surface area contributed by atoms with E-state index in [1.807, 2.05) is 18.2 Å². The van der Waals surface area contributed by atoms with Gasteiger partial charge in [0.25, 0.3) is 0 Å². The monoisotopic (exact) mass is 366 g/mol. The fourth-order valence-electron chi connectivity index (χ4n) is 7.02. The van der Waals surface area contributed by atoms with E-state index in [9.17, 15) is 4.79 Å². The zero-order valence-electron chi connectivity index (χ0n) is 16.5. The number of nitrogens with zero attached hydrogens (tertiary/aromatic N) is 1. The van der Waals surface area contributed by atoms with Gasteiger partial charge in [-0.05, 0) is 68.9 Å². The lowest BCUT2D eigenvalue weighted by atomic mass is 9.68. The van der Waals surface area contributed by atoms with Crippen molar-refractivity contribution in [3.05, 3.63) is 29.8 Å². The highest BCUT2D eigenvalue weighted by Crippen LogP contribution is 2.46. The average Bonchev–Trinajstić information content (AvgIpc) is 2.67. The maximum atomic E-state index is 11.4. The minimum Gasteiger partial charge on any atom is -0.382 e. The van der Waals surface area contributed by atoms with Crippen LogP contribution in [0.2, 0.25) is 0 Å². The molecule has 146 valence electrons. The molecule has 5 rings (SSSR count). The molecule has 4 unspecified atom stereocenters. The Kier molecular flexibility index (Phi) is 4.98. The first-order chi connectivity index (χ1) is 13.3. The zero-order chi connectivity index (χ0) is 18.2. The molecular weight excluding hydrogens is 332 g/mol. The summed E-state index contributed by atoms with van der Waals surface area (Å²) < 4.78 is 0. The normalized spacial score (nSPS) is 39.0. The molecule has 3 nitrogen and oxygen atoms in total. The number of piperidine rings is 2. The van der Waals surface area contributed by atoms with Gasteiger partial charge in [-0.15, -0.1) is 0 Å². The van der Waals surface area contributed by atoms with Crippen molar-refractivity contribution < 1.29 is 4.79 Å². The van der Waals surface area contributed by atoms with Crippen LogP contribution in [0.4, 0.5) is 5.69 Å². The molecule has 0 aromatic heterocycles. The summed E-state index contributed by atoms with van der Waals surface area (Å²) in [5, 5.41) is 3.73. The maximum Gasteiger partial charge on any atom is 0.152 e. The molecule has 2 aliphatic carbocycles. The summed E-state index contributed by atoms with van der Waals surface area (Å²) in [7, 11) is 0. The number of hydrogen-bond donors (Lipinski definition) is 1. The maximum absolute atomic E-state index is 11.4. The second-order valence-corrected chi connectivity index (χ2v) is 9.73. The third-order valence-electron chi connectivity index (χ3n) is 8.00. The van der Waals surface area contributed by atoms with E-state index < -0.39 is 0 Å². The van der Waals surface area contributed by atoms with Gasteiger partial charge in [0.05, 0.1) is 0 Å². The van der Waals surface area contributed by atoms with Crippen molar-refractivity contribution in [1.82, 2.24) is 4.90 Å². The predicted molar refractivity (Wildman–Crippen MR) is 110 cm³/mol. The molecule has 1 aromatic carbocycles. The van der Waals surface area contributed by atoms with Gasteiger partial charge in [-0.2, -0.15) is 0 Å². The minimum atomic E-state index is 0.515. The molecule has 2 saturated carbocycles. The molecule has 2 aliphatic heterocycles. The van der Waals surface area contributed by atoms with Crippen LogP contribution in [-0.2, 0) is 0 Å². The van der Waals surface area contributed by atoms with E-state index in [-0.39, 0.29) is 0 Å². The van der Waals surface area contributed by atoms with Crippen LogP contribution in [0.25, 0.3) is 0 Å². The molecule has 0 radical (unpaired) electrons. The van der Waals surface area contributed by atoms with E-state index in [0.717, 1.165) is 47.5 Å². The van der Waals surface area contributed by atoms with E-state index >= 15 is 0 Å². The highest BCUT2D eigenvalue weighted by atomic mass is 16.1. The van der Waals surface area contributed by atoms with Crippen LogP contribution in [-0.4, -0.2) is 35.4 Å². The Labute approximate surface area is 163 Å². The number of aldehydes is 1. The van der Waals surface area contributed by atoms with Gasteiger partial charge in [0, 0.05) is 35.4 Å². The van der Waals surface area contributed by atoms with Crippen LogP contribution >= 0.6 is 0 Å². The van der Waals surface area contributed by atoms with Crippen LogP contribution in [0.5, 0.6) is 0 Å². The van der Waals surface area contributed by atoms with Crippen molar-refractivity contribution in [3.8, 4) is 0 Å².